The summed E-state index contributed by atoms with van der Waals surface area (Å²) >= 11 is 0. The van der Waals surface area contributed by atoms with E-state index in [1.165, 1.54) is 199 Å². The zero-order chi connectivity index (χ0) is 28.1. The van der Waals surface area contributed by atoms with Crippen LogP contribution in [-0.4, -0.2) is 29.1 Å². The quantitative estimate of drug-likeness (QED) is 0.0798. The lowest BCUT2D eigenvalue weighted by atomic mass is 10.1. The van der Waals surface area contributed by atoms with Crippen molar-refractivity contribution in [3.8, 4) is 0 Å². The van der Waals surface area contributed by atoms with Gasteiger partial charge in [0.2, 0.25) is 0 Å². The molecule has 0 radical (unpaired) electrons. The van der Waals surface area contributed by atoms with Gasteiger partial charge in [-0.1, -0.05) is 181 Å². The minimum absolute atomic E-state index is 0.641. The Bertz CT molecular complexity index is 502. The third-order valence-corrected chi connectivity index (χ3v) is 9.07. The predicted molar refractivity (Wildman–Crippen MR) is 177 cm³/mol. The first-order chi connectivity index (χ1) is 19.3. The van der Waals surface area contributed by atoms with Gasteiger partial charge >= 0.3 is 0 Å². The van der Waals surface area contributed by atoms with Gasteiger partial charge in [-0.05, 0) is 25.7 Å². The van der Waals surface area contributed by atoms with Crippen LogP contribution in [0, 0.1) is 0 Å². The summed E-state index contributed by atoms with van der Waals surface area (Å²) < 4.78 is 0. The molecule has 0 bridgehead atoms. The highest BCUT2D eigenvalue weighted by Crippen LogP contribution is 2.24. The first-order valence-corrected chi connectivity index (χ1v) is 18.5. The Kier molecular flexibility index (Phi) is 26.9. The van der Waals surface area contributed by atoms with Gasteiger partial charge in [0, 0.05) is 25.5 Å². The van der Waals surface area contributed by atoms with E-state index >= 15 is 0 Å². The molecule has 0 spiro atoms. The van der Waals surface area contributed by atoms with Crippen LogP contribution in [0.4, 0.5) is 0 Å². The van der Waals surface area contributed by atoms with E-state index in [-0.39, 0.29) is 0 Å². The highest BCUT2D eigenvalue weighted by atomic mass is 15.4. The molecule has 1 atom stereocenters. The lowest BCUT2D eigenvalue weighted by Crippen LogP contribution is -2.39. The Morgan fingerprint density at radius 1 is 0.333 bits per heavy atom. The van der Waals surface area contributed by atoms with Gasteiger partial charge in [0.1, 0.15) is 6.17 Å². The number of rotatable bonds is 31. The minimum atomic E-state index is 0.641. The maximum Gasteiger partial charge on any atom is 0.101 e. The highest BCUT2D eigenvalue weighted by Gasteiger charge is 2.24. The van der Waals surface area contributed by atoms with Gasteiger partial charge in [0.15, 0.2) is 0 Å². The summed E-state index contributed by atoms with van der Waals surface area (Å²) in [7, 11) is 0. The molecule has 1 aliphatic heterocycles. The molecule has 0 aliphatic carbocycles. The molecule has 0 aromatic carbocycles. The van der Waals surface area contributed by atoms with E-state index in [1.54, 1.807) is 0 Å². The number of unbranched alkanes of at least 4 members (excludes halogenated alkanes) is 25. The molecule has 2 nitrogen and oxygen atoms in total. The molecule has 1 aliphatic rings. The molecule has 0 fully saturated rings. The standard InChI is InChI=1S/C37H74N2/c1-4-7-10-13-16-18-20-22-25-28-31-34-39-36-35-38(37(39)32-29-26-23-15-12-9-6-3)33-30-27-24-21-19-17-14-11-8-5-2/h35-37H,4-34H2,1-3H3. The van der Waals surface area contributed by atoms with E-state index in [1.807, 2.05) is 0 Å². The lowest BCUT2D eigenvalue weighted by molar-refractivity contribution is 0.135. The summed E-state index contributed by atoms with van der Waals surface area (Å²) in [5.41, 5.74) is 0. The average Bonchev–Trinajstić information content (AvgIpc) is 3.33. The first kappa shape index (κ1) is 36.4. The zero-order valence-corrected chi connectivity index (χ0v) is 27.5. The molecule has 0 saturated heterocycles. The topological polar surface area (TPSA) is 6.48 Å². The minimum Gasteiger partial charge on any atom is -0.356 e. The van der Waals surface area contributed by atoms with E-state index in [9.17, 15) is 0 Å². The summed E-state index contributed by atoms with van der Waals surface area (Å²) in [6, 6.07) is 0. The monoisotopic (exact) mass is 547 g/mol. The summed E-state index contributed by atoms with van der Waals surface area (Å²) in [4.78, 5) is 5.42. The fourth-order valence-corrected chi connectivity index (χ4v) is 6.36. The zero-order valence-electron chi connectivity index (χ0n) is 27.5. The van der Waals surface area contributed by atoms with Crippen molar-refractivity contribution in [2.45, 2.75) is 213 Å². The van der Waals surface area contributed by atoms with Gasteiger partial charge in [-0.15, -0.1) is 0 Å². The number of nitrogens with zero attached hydrogens (tertiary/aromatic N) is 2. The number of hydrogen-bond acceptors (Lipinski definition) is 2. The van der Waals surface area contributed by atoms with Crippen LogP contribution in [0.25, 0.3) is 0 Å². The Morgan fingerprint density at radius 3 is 0.897 bits per heavy atom. The molecule has 1 rings (SSSR count). The second-order valence-electron chi connectivity index (χ2n) is 12.9. The van der Waals surface area contributed by atoms with Crippen molar-refractivity contribution in [1.29, 1.82) is 0 Å². The molecule has 0 amide bonds. The maximum atomic E-state index is 2.71. The van der Waals surface area contributed by atoms with Crippen molar-refractivity contribution < 1.29 is 0 Å². The number of hydrogen-bond donors (Lipinski definition) is 0. The van der Waals surface area contributed by atoms with Gasteiger partial charge in [-0.3, -0.25) is 0 Å². The van der Waals surface area contributed by atoms with E-state index in [4.69, 9.17) is 0 Å². The average molecular weight is 547 g/mol. The van der Waals surface area contributed by atoms with Crippen LogP contribution in [0.2, 0.25) is 0 Å². The van der Waals surface area contributed by atoms with Crippen molar-refractivity contribution in [1.82, 2.24) is 9.80 Å². The summed E-state index contributed by atoms with van der Waals surface area (Å²) in [6.07, 6.45) is 46.9. The largest absolute Gasteiger partial charge is 0.356 e. The second kappa shape index (κ2) is 28.9. The summed E-state index contributed by atoms with van der Waals surface area (Å²) in [5, 5.41) is 0. The van der Waals surface area contributed by atoms with Crippen molar-refractivity contribution >= 4 is 0 Å². The SMILES string of the molecule is CCCCCCCCCCCCCN1C=CN(CCCCCCCCCCCC)C1CCCCCCCCC. The van der Waals surface area contributed by atoms with Gasteiger partial charge in [0.25, 0.3) is 0 Å². The smallest absolute Gasteiger partial charge is 0.101 e. The molecular weight excluding hydrogens is 472 g/mol. The third-order valence-electron chi connectivity index (χ3n) is 9.07. The molecule has 1 heterocycles. The Hall–Kier alpha value is -0.660. The van der Waals surface area contributed by atoms with Crippen molar-refractivity contribution in [2.24, 2.45) is 0 Å². The molecule has 39 heavy (non-hydrogen) atoms. The van der Waals surface area contributed by atoms with E-state index in [2.05, 4.69) is 43.0 Å². The van der Waals surface area contributed by atoms with Crippen molar-refractivity contribution in [3.63, 3.8) is 0 Å². The Labute approximate surface area is 248 Å². The normalized spacial score (nSPS) is 15.2. The van der Waals surface area contributed by atoms with Crippen LogP contribution in [-0.2, 0) is 0 Å². The summed E-state index contributed by atoms with van der Waals surface area (Å²) in [6.45, 7) is 9.48. The van der Waals surface area contributed by atoms with E-state index in [0.717, 1.165) is 0 Å². The fourth-order valence-electron chi connectivity index (χ4n) is 6.36. The van der Waals surface area contributed by atoms with Crippen LogP contribution < -0.4 is 0 Å². The fraction of sp³-hybridized carbons (Fsp3) is 0.946. The van der Waals surface area contributed by atoms with Crippen LogP contribution in [0.5, 0.6) is 0 Å². The molecule has 1 unspecified atom stereocenters. The molecule has 2 heteroatoms. The first-order valence-electron chi connectivity index (χ1n) is 18.5. The van der Waals surface area contributed by atoms with Crippen molar-refractivity contribution in [3.05, 3.63) is 12.4 Å². The van der Waals surface area contributed by atoms with E-state index in [0.29, 0.717) is 6.17 Å². The van der Waals surface area contributed by atoms with Crippen LogP contribution >= 0.6 is 0 Å². The maximum absolute atomic E-state index is 2.71. The molecule has 0 saturated carbocycles. The van der Waals surface area contributed by atoms with Gasteiger partial charge < -0.3 is 9.80 Å². The Balaban J connectivity index is 2.22. The highest BCUT2D eigenvalue weighted by molar-refractivity contribution is 4.97. The molecule has 0 N–H and O–H groups in total. The molecule has 0 aromatic rings. The second-order valence-corrected chi connectivity index (χ2v) is 12.9. The van der Waals surface area contributed by atoms with Crippen LogP contribution in [0.1, 0.15) is 207 Å². The molecule has 0 aromatic heterocycles. The predicted octanol–water partition coefficient (Wildman–Crippen LogP) is 12.8. The van der Waals surface area contributed by atoms with E-state index < -0.39 is 0 Å². The van der Waals surface area contributed by atoms with Crippen LogP contribution in [0.3, 0.4) is 0 Å². The van der Waals surface area contributed by atoms with Crippen molar-refractivity contribution in [2.75, 3.05) is 13.1 Å². The molecular formula is C37H74N2. The Morgan fingerprint density at radius 2 is 0.590 bits per heavy atom. The van der Waals surface area contributed by atoms with Crippen LogP contribution in [0.15, 0.2) is 12.4 Å². The summed E-state index contributed by atoms with van der Waals surface area (Å²) in [5.74, 6) is 0. The van der Waals surface area contributed by atoms with Gasteiger partial charge in [-0.25, -0.2) is 0 Å². The molecule has 232 valence electrons. The third kappa shape index (κ3) is 21.7. The van der Waals surface area contributed by atoms with Gasteiger partial charge in [-0.2, -0.15) is 0 Å². The lowest BCUT2D eigenvalue weighted by Gasteiger charge is -2.33. The van der Waals surface area contributed by atoms with Gasteiger partial charge in [0.05, 0.1) is 0 Å².